The fraction of sp³-hybridized carbons (Fsp3) is 0.0238. The lowest BCUT2D eigenvalue weighted by molar-refractivity contribution is 1.02. The van der Waals surface area contributed by atoms with Crippen molar-refractivity contribution in [3.05, 3.63) is 174 Å². The lowest BCUT2D eigenvalue weighted by atomic mass is 9.89. The molecule has 0 spiro atoms. The Morgan fingerprint density at radius 3 is 1.82 bits per heavy atom. The molecule has 208 valence electrons. The maximum absolute atomic E-state index is 4.53. The lowest BCUT2D eigenvalue weighted by Gasteiger charge is -2.16. The minimum absolute atomic E-state index is 0.0705. The fourth-order valence-electron chi connectivity index (χ4n) is 6.55. The van der Waals surface area contributed by atoms with Crippen LogP contribution in [0.4, 0.5) is 0 Å². The molecule has 0 saturated carbocycles. The molecule has 44 heavy (non-hydrogen) atoms. The van der Waals surface area contributed by atoms with Crippen LogP contribution in [0.3, 0.4) is 0 Å². The maximum Gasteiger partial charge on any atom is 0.0664 e. The molecule has 0 saturated heterocycles. The second-order valence-electron chi connectivity index (χ2n) is 11.2. The highest BCUT2D eigenvalue weighted by molar-refractivity contribution is 7.27. The zero-order valence-electron chi connectivity index (χ0n) is 24.2. The Balaban J connectivity index is 1.25. The van der Waals surface area contributed by atoms with Crippen LogP contribution in [0.5, 0.6) is 0 Å². The molecule has 0 aliphatic heterocycles. The third-order valence-electron chi connectivity index (χ3n) is 8.65. The van der Waals surface area contributed by atoms with Gasteiger partial charge in [-0.15, -0.1) is 11.3 Å². The van der Waals surface area contributed by atoms with Gasteiger partial charge < -0.3 is 0 Å². The van der Waals surface area contributed by atoms with Crippen molar-refractivity contribution >= 4 is 65.5 Å². The minimum Gasteiger partial charge on any atom is -0.264 e. The van der Waals surface area contributed by atoms with Gasteiger partial charge >= 0.3 is 0 Å². The third kappa shape index (κ3) is 4.52. The SMILES string of the molecule is C=N/C(=C\C(c1ccccc1)c1ccccc1)c1cccc(-c2ccc3c(c2)sc2c4ccccc4c4ccccc4c32)c1. The van der Waals surface area contributed by atoms with Crippen molar-refractivity contribution in [2.24, 2.45) is 4.99 Å². The number of hydrogen-bond donors (Lipinski definition) is 0. The van der Waals surface area contributed by atoms with Crippen LogP contribution in [0.15, 0.2) is 163 Å². The quantitative estimate of drug-likeness (QED) is 0.137. The molecule has 7 aromatic carbocycles. The Bertz CT molecular complexity index is 2310. The van der Waals surface area contributed by atoms with E-state index < -0.39 is 0 Å². The van der Waals surface area contributed by atoms with Crippen LogP contribution in [-0.2, 0) is 0 Å². The number of aliphatic imine (C=N–C) groups is 1. The summed E-state index contributed by atoms with van der Waals surface area (Å²) in [6.45, 7) is 3.98. The van der Waals surface area contributed by atoms with Crippen LogP contribution in [0.2, 0.25) is 0 Å². The molecular weight excluding hydrogens is 551 g/mol. The first kappa shape index (κ1) is 26.3. The number of nitrogens with zero attached hydrogens (tertiary/aromatic N) is 1. The zero-order chi connectivity index (χ0) is 29.5. The monoisotopic (exact) mass is 579 g/mol. The van der Waals surface area contributed by atoms with Gasteiger partial charge in [-0.1, -0.05) is 140 Å². The number of benzene rings is 7. The van der Waals surface area contributed by atoms with Crippen molar-refractivity contribution < 1.29 is 0 Å². The standard InChI is InChI=1S/C42H29NS/c1-43-39(27-38(28-13-4-2-5-14-28)29-15-6-3-7-16-29)32-18-12-17-30(25-32)31-23-24-37-40(26-31)44-42-36-22-11-9-20-34(36)33-19-8-10-21-35(33)41(37)42/h2-27,38H,1H2/b39-27-. The van der Waals surface area contributed by atoms with Gasteiger partial charge in [0, 0.05) is 37.0 Å². The second kappa shape index (κ2) is 11.1. The van der Waals surface area contributed by atoms with Crippen molar-refractivity contribution in [2.75, 3.05) is 0 Å². The van der Waals surface area contributed by atoms with E-state index in [9.17, 15) is 0 Å². The third-order valence-corrected chi connectivity index (χ3v) is 9.84. The summed E-state index contributed by atoms with van der Waals surface area (Å²) in [6.07, 6.45) is 2.24. The Morgan fingerprint density at radius 1 is 0.545 bits per heavy atom. The topological polar surface area (TPSA) is 12.4 Å². The van der Waals surface area contributed by atoms with Gasteiger partial charge in [-0.3, -0.25) is 4.99 Å². The second-order valence-corrected chi connectivity index (χ2v) is 12.3. The average molecular weight is 580 g/mol. The van der Waals surface area contributed by atoms with E-state index in [0.717, 1.165) is 11.3 Å². The van der Waals surface area contributed by atoms with Crippen molar-refractivity contribution in [2.45, 2.75) is 5.92 Å². The molecule has 0 N–H and O–H groups in total. The van der Waals surface area contributed by atoms with Crippen molar-refractivity contribution in [3.63, 3.8) is 0 Å². The molecule has 0 aliphatic rings. The van der Waals surface area contributed by atoms with Gasteiger partial charge in [0.15, 0.2) is 0 Å². The smallest absolute Gasteiger partial charge is 0.0664 e. The van der Waals surface area contributed by atoms with E-state index in [4.69, 9.17) is 0 Å². The normalized spacial score (nSPS) is 12.1. The van der Waals surface area contributed by atoms with E-state index in [0.29, 0.717) is 0 Å². The summed E-state index contributed by atoms with van der Waals surface area (Å²) in [5, 5.41) is 7.94. The number of allylic oxidation sites excluding steroid dienone is 1. The number of fused-ring (bicyclic) bond motifs is 8. The van der Waals surface area contributed by atoms with Gasteiger partial charge in [0.1, 0.15) is 0 Å². The molecule has 0 bridgehead atoms. The molecule has 1 heterocycles. The van der Waals surface area contributed by atoms with Gasteiger partial charge in [0.2, 0.25) is 0 Å². The molecule has 0 unspecified atom stereocenters. The van der Waals surface area contributed by atoms with Gasteiger partial charge in [0.05, 0.1) is 5.70 Å². The highest BCUT2D eigenvalue weighted by Crippen LogP contribution is 2.45. The highest BCUT2D eigenvalue weighted by atomic mass is 32.1. The van der Waals surface area contributed by atoms with Gasteiger partial charge in [0.25, 0.3) is 0 Å². The van der Waals surface area contributed by atoms with Crippen LogP contribution in [0.1, 0.15) is 22.6 Å². The molecular formula is C42H29NS. The number of hydrogen-bond acceptors (Lipinski definition) is 2. The van der Waals surface area contributed by atoms with Crippen LogP contribution < -0.4 is 0 Å². The maximum atomic E-state index is 4.53. The van der Waals surface area contributed by atoms with E-state index >= 15 is 0 Å². The molecule has 8 aromatic rings. The fourth-order valence-corrected chi connectivity index (χ4v) is 7.84. The summed E-state index contributed by atoms with van der Waals surface area (Å²) in [5.41, 5.74) is 6.76. The summed E-state index contributed by atoms with van der Waals surface area (Å²) >= 11 is 1.89. The van der Waals surface area contributed by atoms with Crippen molar-refractivity contribution in [1.29, 1.82) is 0 Å². The van der Waals surface area contributed by atoms with Crippen LogP contribution >= 0.6 is 11.3 Å². The molecule has 0 radical (unpaired) electrons. The summed E-state index contributed by atoms with van der Waals surface area (Å²) in [4.78, 5) is 4.53. The van der Waals surface area contributed by atoms with Crippen molar-refractivity contribution in [3.8, 4) is 11.1 Å². The largest absolute Gasteiger partial charge is 0.264 e. The number of thiophene rings is 1. The molecule has 0 atom stereocenters. The number of rotatable bonds is 6. The Labute approximate surface area is 261 Å². The first-order chi connectivity index (χ1) is 21.8. The zero-order valence-corrected chi connectivity index (χ0v) is 25.0. The van der Waals surface area contributed by atoms with Crippen LogP contribution in [0.25, 0.3) is 58.5 Å². The Kier molecular flexibility index (Phi) is 6.63. The molecule has 0 aliphatic carbocycles. The molecule has 0 fully saturated rings. The van der Waals surface area contributed by atoms with Crippen molar-refractivity contribution in [1.82, 2.24) is 0 Å². The van der Waals surface area contributed by atoms with E-state index in [1.54, 1.807) is 0 Å². The van der Waals surface area contributed by atoms with Crippen LogP contribution in [0, 0.1) is 0 Å². The lowest BCUT2D eigenvalue weighted by Crippen LogP contribution is -1.99. The summed E-state index contributed by atoms with van der Waals surface area (Å²) in [7, 11) is 0. The Morgan fingerprint density at radius 2 is 1.14 bits per heavy atom. The average Bonchev–Trinajstić information content (AvgIpc) is 3.49. The molecule has 1 aromatic heterocycles. The van der Waals surface area contributed by atoms with E-state index in [1.165, 1.54) is 64.0 Å². The first-order valence-corrected chi connectivity index (χ1v) is 15.7. The summed E-state index contributed by atoms with van der Waals surface area (Å²) < 4.78 is 2.66. The predicted octanol–water partition coefficient (Wildman–Crippen LogP) is 11.9. The van der Waals surface area contributed by atoms with Gasteiger partial charge in [-0.05, 0) is 63.3 Å². The first-order valence-electron chi connectivity index (χ1n) is 14.9. The van der Waals surface area contributed by atoms with Gasteiger partial charge in [-0.2, -0.15) is 0 Å². The minimum atomic E-state index is 0.0705. The Hall–Kier alpha value is -5.31. The van der Waals surface area contributed by atoms with Crippen LogP contribution in [-0.4, -0.2) is 6.72 Å². The van der Waals surface area contributed by atoms with E-state index in [-0.39, 0.29) is 5.92 Å². The predicted molar refractivity (Wildman–Crippen MR) is 192 cm³/mol. The highest BCUT2D eigenvalue weighted by Gasteiger charge is 2.16. The van der Waals surface area contributed by atoms with Gasteiger partial charge in [-0.25, -0.2) is 0 Å². The van der Waals surface area contributed by atoms with E-state index in [1.807, 2.05) is 11.3 Å². The summed E-state index contributed by atoms with van der Waals surface area (Å²) in [5.74, 6) is 0.0705. The molecule has 8 rings (SSSR count). The molecule has 0 amide bonds. The summed E-state index contributed by atoms with van der Waals surface area (Å²) in [6, 6.07) is 54.4. The van der Waals surface area contributed by atoms with E-state index in [2.05, 4.69) is 169 Å². The molecule has 2 heteroatoms. The molecule has 1 nitrogen and oxygen atoms in total.